The number of hydrogen-bond donors (Lipinski definition) is 1. The molecule has 0 aliphatic heterocycles. The van der Waals surface area contributed by atoms with Crippen LogP contribution < -0.4 is 0 Å². The van der Waals surface area contributed by atoms with E-state index in [1.54, 1.807) is 12.4 Å². The summed E-state index contributed by atoms with van der Waals surface area (Å²) in [5.41, 5.74) is 0.968. The minimum atomic E-state index is -0.0852. The van der Waals surface area contributed by atoms with Gasteiger partial charge in [-0.05, 0) is 18.6 Å². The van der Waals surface area contributed by atoms with Crippen molar-refractivity contribution < 1.29 is 5.11 Å². The highest BCUT2D eigenvalue weighted by Gasteiger charge is 2.11. The zero-order valence-electron chi connectivity index (χ0n) is 9.17. The smallest absolute Gasteiger partial charge is 0.164 e. The topological polar surface area (TPSA) is 63.8 Å². The lowest BCUT2D eigenvalue weighted by Crippen LogP contribution is -2.05. The number of aliphatic hydroxyl groups excluding tert-OH is 1. The molecule has 0 radical (unpaired) electrons. The molecule has 0 saturated heterocycles. The summed E-state index contributed by atoms with van der Waals surface area (Å²) in [5, 5.41) is 17.2. The molecule has 0 amide bonds. The third-order valence-electron chi connectivity index (χ3n) is 2.35. The van der Waals surface area contributed by atoms with E-state index in [2.05, 4.69) is 22.1 Å². The molecule has 0 unspecified atom stereocenters. The highest BCUT2D eigenvalue weighted by Crippen LogP contribution is 2.17. The van der Waals surface area contributed by atoms with Crippen LogP contribution in [-0.2, 0) is 13.2 Å². The normalized spacial score (nSPS) is 10.6. The molecule has 1 N–H and O–H groups in total. The molecule has 84 valence electrons. The van der Waals surface area contributed by atoms with Gasteiger partial charge in [0.05, 0.1) is 0 Å². The molecule has 5 heteroatoms. The zero-order chi connectivity index (χ0) is 11.4. The Morgan fingerprint density at radius 1 is 1.25 bits per heavy atom. The van der Waals surface area contributed by atoms with Gasteiger partial charge >= 0.3 is 0 Å². The van der Waals surface area contributed by atoms with Gasteiger partial charge in [0.1, 0.15) is 6.61 Å². The van der Waals surface area contributed by atoms with Gasteiger partial charge in [0.25, 0.3) is 0 Å². The molecule has 5 nitrogen and oxygen atoms in total. The first-order valence-corrected chi connectivity index (χ1v) is 5.30. The number of nitrogens with zero attached hydrogens (tertiary/aromatic N) is 4. The number of pyridine rings is 1. The molecular weight excluding hydrogens is 204 g/mol. The fraction of sp³-hybridized carbons (Fsp3) is 0.364. The van der Waals surface area contributed by atoms with Crippen LogP contribution in [-0.4, -0.2) is 24.9 Å². The molecule has 0 bridgehead atoms. The van der Waals surface area contributed by atoms with E-state index in [9.17, 15) is 0 Å². The van der Waals surface area contributed by atoms with Gasteiger partial charge in [-0.25, -0.2) is 0 Å². The van der Waals surface area contributed by atoms with Crippen molar-refractivity contribution in [1.29, 1.82) is 0 Å². The van der Waals surface area contributed by atoms with Crippen LogP contribution in [0.2, 0.25) is 0 Å². The predicted molar refractivity (Wildman–Crippen MR) is 59.5 cm³/mol. The Labute approximate surface area is 93.8 Å². The van der Waals surface area contributed by atoms with Gasteiger partial charge in [-0.1, -0.05) is 6.92 Å². The largest absolute Gasteiger partial charge is 0.388 e. The summed E-state index contributed by atoms with van der Waals surface area (Å²) in [5.74, 6) is 1.39. The zero-order valence-corrected chi connectivity index (χ0v) is 9.17. The minimum absolute atomic E-state index is 0.0852. The van der Waals surface area contributed by atoms with Crippen molar-refractivity contribution in [3.05, 3.63) is 30.4 Å². The van der Waals surface area contributed by atoms with Crippen molar-refractivity contribution in [3.63, 3.8) is 0 Å². The van der Waals surface area contributed by atoms with Crippen LogP contribution >= 0.6 is 0 Å². The third kappa shape index (κ3) is 1.94. The van der Waals surface area contributed by atoms with E-state index in [0.29, 0.717) is 5.82 Å². The summed E-state index contributed by atoms with van der Waals surface area (Å²) in [4.78, 5) is 3.97. The third-order valence-corrected chi connectivity index (χ3v) is 2.35. The second-order valence-electron chi connectivity index (χ2n) is 3.49. The SMILES string of the molecule is CCCn1c(CO)nnc1-c1ccncc1. The molecule has 2 aromatic rings. The first-order chi connectivity index (χ1) is 7.86. The fourth-order valence-corrected chi connectivity index (χ4v) is 1.63. The highest BCUT2D eigenvalue weighted by atomic mass is 16.3. The Morgan fingerprint density at radius 2 is 2.00 bits per heavy atom. The van der Waals surface area contributed by atoms with Crippen molar-refractivity contribution in [1.82, 2.24) is 19.7 Å². The van der Waals surface area contributed by atoms with E-state index in [-0.39, 0.29) is 6.61 Å². The van der Waals surface area contributed by atoms with E-state index in [1.165, 1.54) is 0 Å². The lowest BCUT2D eigenvalue weighted by atomic mass is 10.2. The van der Waals surface area contributed by atoms with Crippen molar-refractivity contribution in [3.8, 4) is 11.4 Å². The Kier molecular flexibility index (Phi) is 3.26. The average molecular weight is 218 g/mol. The highest BCUT2D eigenvalue weighted by molar-refractivity contribution is 5.54. The van der Waals surface area contributed by atoms with E-state index in [1.807, 2.05) is 16.7 Å². The summed E-state index contributed by atoms with van der Waals surface area (Å²) in [6.07, 6.45) is 4.42. The molecular formula is C11H14N4O. The molecule has 0 atom stereocenters. The Hall–Kier alpha value is -1.75. The molecule has 0 fully saturated rings. The van der Waals surface area contributed by atoms with Crippen LogP contribution in [0, 0.1) is 0 Å². The van der Waals surface area contributed by atoms with Crippen molar-refractivity contribution in [2.45, 2.75) is 26.5 Å². The van der Waals surface area contributed by atoms with E-state index >= 15 is 0 Å². The van der Waals surface area contributed by atoms with Crippen molar-refractivity contribution >= 4 is 0 Å². The maximum atomic E-state index is 9.17. The molecule has 16 heavy (non-hydrogen) atoms. The van der Waals surface area contributed by atoms with Gasteiger partial charge < -0.3 is 9.67 Å². The van der Waals surface area contributed by atoms with Crippen LogP contribution in [0.25, 0.3) is 11.4 Å². The summed E-state index contributed by atoms with van der Waals surface area (Å²) < 4.78 is 1.94. The number of aromatic nitrogens is 4. The lowest BCUT2D eigenvalue weighted by Gasteiger charge is -2.07. The molecule has 2 aromatic heterocycles. The first kappa shape index (κ1) is 10.8. The minimum Gasteiger partial charge on any atom is -0.388 e. The fourth-order valence-electron chi connectivity index (χ4n) is 1.63. The van der Waals surface area contributed by atoms with Crippen molar-refractivity contribution in [2.75, 3.05) is 0 Å². The summed E-state index contributed by atoms with van der Waals surface area (Å²) >= 11 is 0. The van der Waals surface area contributed by atoms with Crippen LogP contribution in [0.4, 0.5) is 0 Å². The molecule has 0 saturated carbocycles. The maximum Gasteiger partial charge on any atom is 0.164 e. The first-order valence-electron chi connectivity index (χ1n) is 5.30. The second kappa shape index (κ2) is 4.85. The lowest BCUT2D eigenvalue weighted by molar-refractivity contribution is 0.264. The van der Waals surface area contributed by atoms with E-state index in [4.69, 9.17) is 5.11 Å². The quantitative estimate of drug-likeness (QED) is 0.838. The standard InChI is InChI=1S/C11H14N4O/c1-2-7-15-10(8-16)13-14-11(15)9-3-5-12-6-4-9/h3-6,16H,2,7-8H2,1H3. The Bertz CT molecular complexity index is 452. The van der Waals surface area contributed by atoms with Crippen LogP contribution in [0.3, 0.4) is 0 Å². The number of aliphatic hydroxyl groups is 1. The second-order valence-corrected chi connectivity index (χ2v) is 3.49. The molecule has 0 aromatic carbocycles. The Morgan fingerprint density at radius 3 is 2.62 bits per heavy atom. The van der Waals surface area contributed by atoms with Gasteiger partial charge in [0.15, 0.2) is 11.6 Å². The molecule has 0 spiro atoms. The van der Waals surface area contributed by atoms with Crippen LogP contribution in [0.15, 0.2) is 24.5 Å². The number of rotatable bonds is 4. The van der Waals surface area contributed by atoms with Gasteiger partial charge in [0, 0.05) is 24.5 Å². The molecule has 2 rings (SSSR count). The summed E-state index contributed by atoms with van der Waals surface area (Å²) in [6.45, 7) is 2.80. The predicted octanol–water partition coefficient (Wildman–Crippen LogP) is 1.24. The summed E-state index contributed by atoms with van der Waals surface area (Å²) in [7, 11) is 0. The van der Waals surface area contributed by atoms with Crippen LogP contribution in [0.5, 0.6) is 0 Å². The monoisotopic (exact) mass is 218 g/mol. The molecule has 0 aliphatic rings. The average Bonchev–Trinajstić information content (AvgIpc) is 2.74. The maximum absolute atomic E-state index is 9.17. The van der Waals surface area contributed by atoms with E-state index < -0.39 is 0 Å². The summed E-state index contributed by atoms with van der Waals surface area (Å²) in [6, 6.07) is 3.77. The van der Waals surface area contributed by atoms with Gasteiger partial charge in [-0.3, -0.25) is 4.98 Å². The van der Waals surface area contributed by atoms with E-state index in [0.717, 1.165) is 24.4 Å². The number of hydrogen-bond acceptors (Lipinski definition) is 4. The van der Waals surface area contributed by atoms with Gasteiger partial charge in [-0.2, -0.15) is 0 Å². The Balaban J connectivity index is 2.44. The van der Waals surface area contributed by atoms with Crippen LogP contribution in [0.1, 0.15) is 19.2 Å². The molecule has 2 heterocycles. The van der Waals surface area contributed by atoms with Gasteiger partial charge in [0.2, 0.25) is 0 Å². The van der Waals surface area contributed by atoms with Crippen molar-refractivity contribution in [2.24, 2.45) is 0 Å². The van der Waals surface area contributed by atoms with Gasteiger partial charge in [-0.15, -0.1) is 10.2 Å². The molecule has 0 aliphatic carbocycles.